The quantitative estimate of drug-likeness (QED) is 0.771. The Bertz CT molecular complexity index is 639. The van der Waals surface area contributed by atoms with Gasteiger partial charge in [0, 0.05) is 16.6 Å². The average Bonchev–Trinajstić information content (AvgIpc) is 2.67. The summed E-state index contributed by atoms with van der Waals surface area (Å²) in [6.45, 7) is 2.20. The Kier molecular flexibility index (Phi) is 3.72. The van der Waals surface area contributed by atoms with Gasteiger partial charge in [-0.1, -0.05) is 22.4 Å². The highest BCUT2D eigenvalue weighted by molar-refractivity contribution is 9.10. The largest absolute Gasteiger partial charge is 0.352 e. The van der Waals surface area contributed by atoms with Crippen molar-refractivity contribution in [3.63, 3.8) is 0 Å². The van der Waals surface area contributed by atoms with Gasteiger partial charge in [-0.2, -0.15) is 8.78 Å². The normalized spacial score (nSPS) is 30.2. The minimum absolute atomic E-state index is 0.101. The lowest BCUT2D eigenvalue weighted by Crippen LogP contribution is -2.56. The van der Waals surface area contributed by atoms with Gasteiger partial charge in [0.1, 0.15) is 0 Å². The second-order valence-corrected chi connectivity index (χ2v) is 7.70. The number of alkyl halides is 2. The molecular weight excluding hydrogens is 366 g/mol. The Labute approximate surface area is 142 Å². The molecule has 4 rings (SSSR count). The summed E-state index contributed by atoms with van der Waals surface area (Å²) in [6, 6.07) is 4.91. The number of fused-ring (bicyclic) bond motifs is 1. The molecule has 0 radical (unpaired) electrons. The molecule has 1 aromatic rings. The second kappa shape index (κ2) is 5.52. The van der Waals surface area contributed by atoms with E-state index in [2.05, 4.69) is 20.8 Å². The predicted molar refractivity (Wildman–Crippen MR) is 87.8 cm³/mol. The van der Waals surface area contributed by atoms with Gasteiger partial charge < -0.3 is 9.80 Å². The summed E-state index contributed by atoms with van der Waals surface area (Å²) in [5.74, 6) is -4.46. The molecule has 2 heterocycles. The highest BCUT2D eigenvalue weighted by Crippen LogP contribution is 2.48. The van der Waals surface area contributed by atoms with Crippen LogP contribution in [0.25, 0.3) is 0 Å². The van der Waals surface area contributed by atoms with Crippen molar-refractivity contribution in [3.05, 3.63) is 28.2 Å². The van der Waals surface area contributed by atoms with Gasteiger partial charge in [0.15, 0.2) is 0 Å². The standard InChI is InChI=1S/C17H19BrF2N2O/c18-11-4-5-14-15(8-11)22(16(23)17(14,19)20)13-9-12(10-13)21-6-2-1-3-7-21/h4-5,8,12-13H,1-3,6-7,9-10H2. The maximum Gasteiger partial charge on any atom is 0.352 e. The van der Waals surface area contributed by atoms with Crippen LogP contribution >= 0.6 is 15.9 Å². The molecule has 1 aromatic carbocycles. The first-order chi connectivity index (χ1) is 11.0. The lowest BCUT2D eigenvalue weighted by atomic mass is 9.83. The van der Waals surface area contributed by atoms with Crippen LogP contribution in [-0.4, -0.2) is 36.0 Å². The van der Waals surface area contributed by atoms with Gasteiger partial charge in [-0.15, -0.1) is 0 Å². The van der Waals surface area contributed by atoms with Crippen LogP contribution in [0.3, 0.4) is 0 Å². The molecule has 0 N–H and O–H groups in total. The third-order valence-corrected chi connectivity index (χ3v) is 5.90. The second-order valence-electron chi connectivity index (χ2n) is 6.79. The van der Waals surface area contributed by atoms with E-state index in [0.29, 0.717) is 11.7 Å². The molecule has 3 aliphatic rings. The summed E-state index contributed by atoms with van der Waals surface area (Å²) in [5, 5.41) is 0. The lowest BCUT2D eigenvalue weighted by molar-refractivity contribution is -0.142. The maximum atomic E-state index is 14.3. The topological polar surface area (TPSA) is 23.6 Å². The average molecular weight is 385 g/mol. The molecule has 124 valence electrons. The van der Waals surface area contributed by atoms with Gasteiger partial charge in [0.25, 0.3) is 0 Å². The predicted octanol–water partition coefficient (Wildman–Crippen LogP) is 3.90. The SMILES string of the molecule is O=C1N(C2CC(N3CCCCC3)C2)c2cc(Br)ccc2C1(F)F. The molecule has 2 aliphatic heterocycles. The van der Waals surface area contributed by atoms with Crippen LogP contribution in [0.2, 0.25) is 0 Å². The van der Waals surface area contributed by atoms with Crippen molar-refractivity contribution in [2.45, 2.75) is 50.1 Å². The minimum Gasteiger partial charge on any atom is -0.303 e. The Morgan fingerprint density at radius 1 is 1.09 bits per heavy atom. The number of hydrogen-bond acceptors (Lipinski definition) is 2. The van der Waals surface area contributed by atoms with Crippen LogP contribution in [0.4, 0.5) is 14.5 Å². The van der Waals surface area contributed by atoms with E-state index < -0.39 is 11.8 Å². The molecule has 1 amide bonds. The van der Waals surface area contributed by atoms with E-state index >= 15 is 0 Å². The fourth-order valence-electron chi connectivity index (χ4n) is 4.06. The Hall–Kier alpha value is -1.01. The van der Waals surface area contributed by atoms with Crippen molar-refractivity contribution < 1.29 is 13.6 Å². The minimum atomic E-state index is -3.40. The molecule has 1 saturated carbocycles. The van der Waals surface area contributed by atoms with Crippen molar-refractivity contribution in [1.29, 1.82) is 0 Å². The number of likely N-dealkylation sites (tertiary alicyclic amines) is 1. The van der Waals surface area contributed by atoms with Gasteiger partial charge in [-0.25, -0.2) is 0 Å². The zero-order valence-electron chi connectivity index (χ0n) is 12.8. The van der Waals surface area contributed by atoms with E-state index in [1.165, 1.54) is 30.2 Å². The van der Waals surface area contributed by atoms with Gasteiger partial charge in [0.2, 0.25) is 0 Å². The summed E-state index contributed by atoms with van der Waals surface area (Å²) in [5.41, 5.74) is 0.212. The number of hydrogen-bond donors (Lipinski definition) is 0. The first-order valence-electron chi connectivity index (χ1n) is 8.24. The number of piperidine rings is 1. The Balaban J connectivity index is 1.54. The summed E-state index contributed by atoms with van der Waals surface area (Å²) in [6.07, 6.45) is 5.32. The van der Waals surface area contributed by atoms with Crippen molar-refractivity contribution in [3.8, 4) is 0 Å². The van der Waals surface area contributed by atoms with E-state index in [-0.39, 0.29) is 11.6 Å². The highest BCUT2D eigenvalue weighted by atomic mass is 79.9. The van der Waals surface area contributed by atoms with E-state index in [4.69, 9.17) is 0 Å². The van der Waals surface area contributed by atoms with Gasteiger partial charge in [-0.3, -0.25) is 4.79 Å². The summed E-state index contributed by atoms with van der Waals surface area (Å²) in [4.78, 5) is 16.1. The molecule has 1 saturated heterocycles. The van der Waals surface area contributed by atoms with Gasteiger partial charge >= 0.3 is 11.8 Å². The molecule has 3 nitrogen and oxygen atoms in total. The van der Waals surface area contributed by atoms with Crippen LogP contribution < -0.4 is 4.90 Å². The van der Waals surface area contributed by atoms with Crippen LogP contribution in [0.1, 0.15) is 37.7 Å². The Morgan fingerprint density at radius 2 is 1.78 bits per heavy atom. The lowest BCUT2D eigenvalue weighted by Gasteiger charge is -2.47. The smallest absolute Gasteiger partial charge is 0.303 e. The highest BCUT2D eigenvalue weighted by Gasteiger charge is 2.56. The molecule has 23 heavy (non-hydrogen) atoms. The van der Waals surface area contributed by atoms with Crippen molar-refractivity contribution in [2.24, 2.45) is 0 Å². The summed E-state index contributed by atoms with van der Waals surface area (Å²) >= 11 is 3.32. The van der Waals surface area contributed by atoms with Crippen LogP contribution in [0, 0.1) is 0 Å². The summed E-state index contributed by atoms with van der Waals surface area (Å²) in [7, 11) is 0. The van der Waals surface area contributed by atoms with Gasteiger partial charge in [0.05, 0.1) is 11.3 Å². The fraction of sp³-hybridized carbons (Fsp3) is 0.588. The number of halogens is 3. The zero-order valence-corrected chi connectivity index (χ0v) is 14.4. The fourth-order valence-corrected chi connectivity index (χ4v) is 4.41. The van der Waals surface area contributed by atoms with E-state index in [9.17, 15) is 13.6 Å². The van der Waals surface area contributed by atoms with Crippen LogP contribution in [0.15, 0.2) is 22.7 Å². The van der Waals surface area contributed by atoms with Crippen molar-refractivity contribution in [1.82, 2.24) is 4.90 Å². The number of nitrogens with zero attached hydrogens (tertiary/aromatic N) is 2. The van der Waals surface area contributed by atoms with E-state index in [0.717, 1.165) is 30.4 Å². The first kappa shape index (κ1) is 15.5. The third kappa shape index (κ3) is 2.41. The number of rotatable bonds is 2. The molecule has 0 bridgehead atoms. The molecule has 0 unspecified atom stereocenters. The van der Waals surface area contributed by atoms with E-state index in [1.54, 1.807) is 12.1 Å². The molecular formula is C17H19BrF2N2O. The molecule has 2 fully saturated rings. The van der Waals surface area contributed by atoms with Crippen molar-refractivity contribution >= 4 is 27.5 Å². The molecule has 0 aromatic heterocycles. The van der Waals surface area contributed by atoms with Crippen LogP contribution in [-0.2, 0) is 10.7 Å². The third-order valence-electron chi connectivity index (χ3n) is 5.41. The van der Waals surface area contributed by atoms with Gasteiger partial charge in [-0.05, 0) is 57.0 Å². The summed E-state index contributed by atoms with van der Waals surface area (Å²) < 4.78 is 29.3. The molecule has 0 spiro atoms. The number of carbonyl (C=O) groups excluding carboxylic acids is 1. The number of benzene rings is 1. The monoisotopic (exact) mass is 384 g/mol. The maximum absolute atomic E-state index is 14.3. The number of amides is 1. The Morgan fingerprint density at radius 3 is 2.48 bits per heavy atom. The number of anilines is 1. The molecule has 1 aliphatic carbocycles. The van der Waals surface area contributed by atoms with Crippen LogP contribution in [0.5, 0.6) is 0 Å². The zero-order chi connectivity index (χ0) is 16.2. The first-order valence-corrected chi connectivity index (χ1v) is 9.03. The number of carbonyl (C=O) groups is 1. The van der Waals surface area contributed by atoms with Crippen molar-refractivity contribution in [2.75, 3.05) is 18.0 Å². The van der Waals surface area contributed by atoms with E-state index in [1.807, 2.05) is 0 Å². The molecule has 6 heteroatoms. The molecule has 0 atom stereocenters.